The van der Waals surface area contributed by atoms with Crippen LogP contribution in [0.3, 0.4) is 0 Å². The Bertz CT molecular complexity index is 573. The molecule has 2 N–H and O–H groups in total. The Morgan fingerprint density at radius 3 is 2.84 bits per heavy atom. The van der Waals surface area contributed by atoms with Crippen LogP contribution >= 0.6 is 11.3 Å². The fourth-order valence-electron chi connectivity index (χ4n) is 2.79. The normalized spacial score (nSPS) is 15.8. The zero-order chi connectivity index (χ0) is 13.2. The molecule has 100 valence electrons. The molecule has 1 fully saturated rings. The van der Waals surface area contributed by atoms with E-state index >= 15 is 0 Å². The highest BCUT2D eigenvalue weighted by molar-refractivity contribution is 7.15. The van der Waals surface area contributed by atoms with Gasteiger partial charge in [-0.3, -0.25) is 0 Å². The standard InChI is InChI=1S/C15H18N2OS/c1-18-12-8-4-7-11(9-12)13-14(19-15(16)17-13)10-5-2-3-6-10/h4,7-10H,2-3,5-6H2,1H3,(H2,16,17). The topological polar surface area (TPSA) is 48.1 Å². The number of aromatic nitrogens is 1. The van der Waals surface area contributed by atoms with Crippen LogP contribution in [0.5, 0.6) is 5.75 Å². The molecule has 19 heavy (non-hydrogen) atoms. The minimum absolute atomic E-state index is 0.635. The summed E-state index contributed by atoms with van der Waals surface area (Å²) in [5.41, 5.74) is 8.09. The van der Waals surface area contributed by atoms with Gasteiger partial charge in [-0.15, -0.1) is 11.3 Å². The molecule has 1 aliphatic carbocycles. The third-order valence-corrected chi connectivity index (χ3v) is 4.79. The van der Waals surface area contributed by atoms with Crippen molar-refractivity contribution >= 4 is 16.5 Å². The predicted molar refractivity (Wildman–Crippen MR) is 79.7 cm³/mol. The van der Waals surface area contributed by atoms with E-state index < -0.39 is 0 Å². The predicted octanol–water partition coefficient (Wildman–Crippen LogP) is 4.06. The van der Waals surface area contributed by atoms with E-state index in [0.717, 1.165) is 17.0 Å². The van der Waals surface area contributed by atoms with E-state index in [-0.39, 0.29) is 0 Å². The van der Waals surface area contributed by atoms with E-state index in [1.807, 2.05) is 18.2 Å². The van der Waals surface area contributed by atoms with E-state index in [2.05, 4.69) is 11.1 Å². The SMILES string of the molecule is COc1cccc(-c2nc(N)sc2C2CCCC2)c1. The highest BCUT2D eigenvalue weighted by Gasteiger charge is 2.24. The van der Waals surface area contributed by atoms with Gasteiger partial charge < -0.3 is 10.5 Å². The molecule has 0 bridgehead atoms. The minimum Gasteiger partial charge on any atom is -0.497 e. The van der Waals surface area contributed by atoms with E-state index in [4.69, 9.17) is 10.5 Å². The fourth-order valence-corrected chi connectivity index (χ4v) is 3.82. The van der Waals surface area contributed by atoms with Gasteiger partial charge in [0.2, 0.25) is 0 Å². The summed E-state index contributed by atoms with van der Waals surface area (Å²) in [6.45, 7) is 0. The number of ether oxygens (including phenoxy) is 1. The van der Waals surface area contributed by atoms with E-state index in [0.29, 0.717) is 11.0 Å². The number of anilines is 1. The number of hydrogen-bond donors (Lipinski definition) is 1. The highest BCUT2D eigenvalue weighted by Crippen LogP contribution is 2.43. The van der Waals surface area contributed by atoms with Gasteiger partial charge in [-0.1, -0.05) is 25.0 Å². The molecule has 3 rings (SSSR count). The Kier molecular flexibility index (Phi) is 3.42. The Morgan fingerprint density at radius 2 is 2.11 bits per heavy atom. The monoisotopic (exact) mass is 274 g/mol. The molecule has 0 spiro atoms. The Labute approximate surface area is 117 Å². The summed E-state index contributed by atoms with van der Waals surface area (Å²) in [4.78, 5) is 5.89. The van der Waals surface area contributed by atoms with Gasteiger partial charge in [-0.05, 0) is 30.9 Å². The van der Waals surface area contributed by atoms with Gasteiger partial charge in [0.15, 0.2) is 5.13 Å². The molecule has 0 unspecified atom stereocenters. The van der Waals surface area contributed by atoms with E-state index in [1.165, 1.54) is 30.6 Å². The van der Waals surface area contributed by atoms with Crippen molar-refractivity contribution in [1.29, 1.82) is 0 Å². The molecule has 1 saturated carbocycles. The zero-order valence-corrected chi connectivity index (χ0v) is 11.9. The molecule has 0 atom stereocenters. The molecule has 1 aliphatic rings. The van der Waals surface area contributed by atoms with Gasteiger partial charge in [0.25, 0.3) is 0 Å². The van der Waals surface area contributed by atoms with Crippen LogP contribution in [0.2, 0.25) is 0 Å². The maximum Gasteiger partial charge on any atom is 0.180 e. The summed E-state index contributed by atoms with van der Waals surface area (Å²) in [6, 6.07) is 8.07. The van der Waals surface area contributed by atoms with Gasteiger partial charge in [0.05, 0.1) is 12.8 Å². The fraction of sp³-hybridized carbons (Fsp3) is 0.400. The minimum atomic E-state index is 0.635. The van der Waals surface area contributed by atoms with Gasteiger partial charge >= 0.3 is 0 Å². The molecule has 0 aliphatic heterocycles. The second kappa shape index (κ2) is 5.21. The summed E-state index contributed by atoms with van der Waals surface area (Å²) >= 11 is 1.65. The van der Waals surface area contributed by atoms with Gasteiger partial charge in [-0.2, -0.15) is 0 Å². The number of nitrogens with zero attached hydrogens (tertiary/aromatic N) is 1. The van der Waals surface area contributed by atoms with Crippen LogP contribution in [-0.4, -0.2) is 12.1 Å². The number of hydrogen-bond acceptors (Lipinski definition) is 4. The molecule has 1 heterocycles. The second-order valence-electron chi connectivity index (χ2n) is 4.98. The first-order valence-corrected chi connectivity index (χ1v) is 7.50. The van der Waals surface area contributed by atoms with Gasteiger partial charge in [0, 0.05) is 10.4 Å². The summed E-state index contributed by atoms with van der Waals surface area (Å²) in [5, 5.41) is 0.666. The first kappa shape index (κ1) is 12.5. The Morgan fingerprint density at radius 1 is 1.32 bits per heavy atom. The van der Waals surface area contributed by atoms with Crippen molar-refractivity contribution < 1.29 is 4.74 Å². The number of rotatable bonds is 3. The lowest BCUT2D eigenvalue weighted by Gasteiger charge is -2.09. The smallest absolute Gasteiger partial charge is 0.180 e. The number of benzene rings is 1. The van der Waals surface area contributed by atoms with Crippen molar-refractivity contribution in [2.24, 2.45) is 0 Å². The first-order chi connectivity index (χ1) is 9.28. The summed E-state index contributed by atoms with van der Waals surface area (Å²) in [5.74, 6) is 1.50. The van der Waals surface area contributed by atoms with Crippen LogP contribution in [0.25, 0.3) is 11.3 Å². The Balaban J connectivity index is 2.03. The largest absolute Gasteiger partial charge is 0.497 e. The van der Waals surface area contributed by atoms with Crippen molar-refractivity contribution in [3.05, 3.63) is 29.1 Å². The zero-order valence-electron chi connectivity index (χ0n) is 11.1. The van der Waals surface area contributed by atoms with Crippen molar-refractivity contribution in [1.82, 2.24) is 4.98 Å². The summed E-state index contributed by atoms with van der Waals surface area (Å²) < 4.78 is 5.29. The number of nitrogens with two attached hydrogens (primary N) is 1. The number of methoxy groups -OCH3 is 1. The summed E-state index contributed by atoms with van der Waals surface area (Å²) in [7, 11) is 1.69. The molecule has 1 aromatic carbocycles. The number of nitrogen functional groups attached to an aromatic ring is 1. The third-order valence-electron chi connectivity index (χ3n) is 3.74. The molecule has 4 heteroatoms. The lowest BCUT2D eigenvalue weighted by molar-refractivity contribution is 0.415. The molecular formula is C15H18N2OS. The van der Waals surface area contributed by atoms with Crippen LogP contribution in [0.1, 0.15) is 36.5 Å². The van der Waals surface area contributed by atoms with Crippen LogP contribution < -0.4 is 10.5 Å². The van der Waals surface area contributed by atoms with Gasteiger partial charge in [0.1, 0.15) is 5.75 Å². The second-order valence-corrected chi connectivity index (χ2v) is 6.04. The van der Waals surface area contributed by atoms with Crippen molar-refractivity contribution in [2.45, 2.75) is 31.6 Å². The average Bonchev–Trinajstić information content (AvgIpc) is 3.07. The van der Waals surface area contributed by atoms with Crippen molar-refractivity contribution in [3.63, 3.8) is 0 Å². The molecule has 0 radical (unpaired) electrons. The average molecular weight is 274 g/mol. The molecule has 0 saturated heterocycles. The quantitative estimate of drug-likeness (QED) is 0.918. The molecule has 2 aromatic rings. The third kappa shape index (κ3) is 2.45. The maximum absolute atomic E-state index is 5.93. The van der Waals surface area contributed by atoms with Crippen LogP contribution in [0.15, 0.2) is 24.3 Å². The lowest BCUT2D eigenvalue weighted by atomic mass is 10.0. The van der Waals surface area contributed by atoms with Crippen molar-refractivity contribution in [2.75, 3.05) is 12.8 Å². The van der Waals surface area contributed by atoms with E-state index in [1.54, 1.807) is 18.4 Å². The first-order valence-electron chi connectivity index (χ1n) is 6.68. The summed E-state index contributed by atoms with van der Waals surface area (Å²) in [6.07, 6.45) is 5.16. The van der Waals surface area contributed by atoms with E-state index in [9.17, 15) is 0 Å². The molecule has 1 aromatic heterocycles. The molecular weight excluding hydrogens is 256 g/mol. The van der Waals surface area contributed by atoms with Crippen LogP contribution in [0, 0.1) is 0 Å². The Hall–Kier alpha value is -1.55. The lowest BCUT2D eigenvalue weighted by Crippen LogP contribution is -1.93. The van der Waals surface area contributed by atoms with Crippen LogP contribution in [0.4, 0.5) is 5.13 Å². The van der Waals surface area contributed by atoms with Gasteiger partial charge in [-0.25, -0.2) is 4.98 Å². The highest BCUT2D eigenvalue weighted by atomic mass is 32.1. The molecule has 0 amide bonds. The maximum atomic E-state index is 5.93. The number of thiazole rings is 1. The van der Waals surface area contributed by atoms with Crippen LogP contribution in [-0.2, 0) is 0 Å². The van der Waals surface area contributed by atoms with Crippen molar-refractivity contribution in [3.8, 4) is 17.0 Å². The molecule has 3 nitrogen and oxygen atoms in total.